The average Bonchev–Trinajstić information content (AvgIpc) is 1.83. The molecule has 48 valence electrons. The Morgan fingerprint density at radius 2 is 2.12 bits per heavy atom. The molecule has 0 unspecified atom stereocenters. The molecule has 0 aliphatic carbocycles. The van der Waals surface area contributed by atoms with Crippen LogP contribution in [0.5, 0.6) is 0 Å². The van der Waals surface area contributed by atoms with Crippen molar-refractivity contribution in [2.24, 2.45) is 5.73 Å². The third-order valence-corrected chi connectivity index (χ3v) is 1.21. The van der Waals surface area contributed by atoms with Gasteiger partial charge in [-0.1, -0.05) is 25.5 Å². The van der Waals surface area contributed by atoms with Crippen molar-refractivity contribution in [1.82, 2.24) is 0 Å². The normalized spacial score (nSPS) is 12.1. The predicted octanol–water partition coefficient (Wildman–Crippen LogP) is 1.69. The van der Waals surface area contributed by atoms with Crippen molar-refractivity contribution in [2.75, 3.05) is 6.54 Å². The maximum Gasteiger partial charge on any atom is 0.0136 e. The van der Waals surface area contributed by atoms with Crippen LogP contribution >= 0.6 is 0 Å². The van der Waals surface area contributed by atoms with Gasteiger partial charge in [0.2, 0.25) is 0 Å². The van der Waals surface area contributed by atoms with Gasteiger partial charge in [0.1, 0.15) is 0 Å². The van der Waals surface area contributed by atoms with Gasteiger partial charge in [-0.3, -0.25) is 0 Å². The molecule has 0 spiro atoms. The first-order chi connectivity index (χ1) is 3.85. The summed E-state index contributed by atoms with van der Waals surface area (Å²) in [5.41, 5.74) is 6.77. The maximum atomic E-state index is 5.40. The molecule has 0 saturated carbocycles. The van der Waals surface area contributed by atoms with Gasteiger partial charge >= 0.3 is 0 Å². The lowest BCUT2D eigenvalue weighted by atomic mass is 10.2. The van der Waals surface area contributed by atoms with Crippen LogP contribution in [0, 0.1) is 0 Å². The molecule has 0 aliphatic rings. The van der Waals surface area contributed by atoms with Crippen LogP contribution in [0.15, 0.2) is 11.6 Å². The summed E-state index contributed by atoms with van der Waals surface area (Å²) in [6.07, 6.45) is 4.41. The topological polar surface area (TPSA) is 26.0 Å². The molecule has 8 heavy (non-hydrogen) atoms. The number of hydrogen-bond donors (Lipinski definition) is 1. The highest BCUT2D eigenvalue weighted by Gasteiger charge is 1.84. The second-order valence-corrected chi connectivity index (χ2v) is 1.83. The first-order valence-electron chi connectivity index (χ1n) is 3.23. The van der Waals surface area contributed by atoms with E-state index in [4.69, 9.17) is 5.73 Å². The zero-order chi connectivity index (χ0) is 6.41. The fourth-order valence-corrected chi connectivity index (χ4v) is 0.661. The molecule has 0 atom stereocenters. The molecule has 1 heteroatoms. The van der Waals surface area contributed by atoms with Crippen LogP contribution in [-0.4, -0.2) is 6.54 Å². The molecule has 0 aromatic heterocycles. The van der Waals surface area contributed by atoms with E-state index in [2.05, 4.69) is 19.9 Å². The summed E-state index contributed by atoms with van der Waals surface area (Å²) in [6.45, 7) is 4.99. The van der Waals surface area contributed by atoms with Crippen LogP contribution in [0.25, 0.3) is 0 Å². The Kier molecular flexibility index (Phi) is 4.67. The van der Waals surface area contributed by atoms with Crippen molar-refractivity contribution < 1.29 is 0 Å². The summed E-state index contributed by atoms with van der Waals surface area (Å²) in [5.74, 6) is 0. The standard InChI is InChI=1S/C7H15N/c1-3-5-7(4-2)6-8/h5H,3-4,6,8H2,1-2H3/b7-5+. The van der Waals surface area contributed by atoms with Crippen LogP contribution < -0.4 is 5.73 Å². The summed E-state index contributed by atoms with van der Waals surface area (Å²) in [4.78, 5) is 0. The minimum Gasteiger partial charge on any atom is -0.327 e. The van der Waals surface area contributed by atoms with Gasteiger partial charge in [-0.25, -0.2) is 0 Å². The fraction of sp³-hybridized carbons (Fsp3) is 0.714. The molecule has 0 aromatic rings. The molecule has 0 saturated heterocycles. The third-order valence-electron chi connectivity index (χ3n) is 1.21. The number of allylic oxidation sites excluding steroid dienone is 1. The molecule has 0 aliphatic heterocycles. The SMILES string of the molecule is CC/C=C(\CC)CN. The quantitative estimate of drug-likeness (QED) is 0.554. The largest absolute Gasteiger partial charge is 0.327 e. The molecule has 0 aromatic carbocycles. The minimum atomic E-state index is 0.727. The molecule has 1 nitrogen and oxygen atoms in total. The van der Waals surface area contributed by atoms with E-state index >= 15 is 0 Å². The summed E-state index contributed by atoms with van der Waals surface area (Å²) in [5, 5.41) is 0. The van der Waals surface area contributed by atoms with E-state index in [0.29, 0.717) is 0 Å². The molecule has 0 rings (SSSR count). The van der Waals surface area contributed by atoms with E-state index in [1.54, 1.807) is 0 Å². The zero-order valence-electron chi connectivity index (χ0n) is 5.78. The molecule has 0 radical (unpaired) electrons. The van der Waals surface area contributed by atoms with Crippen molar-refractivity contribution in [3.8, 4) is 0 Å². The summed E-state index contributed by atoms with van der Waals surface area (Å²) >= 11 is 0. The van der Waals surface area contributed by atoms with Gasteiger partial charge in [0, 0.05) is 6.54 Å². The van der Waals surface area contributed by atoms with Crippen LogP contribution in [-0.2, 0) is 0 Å². The molecular weight excluding hydrogens is 98.1 g/mol. The van der Waals surface area contributed by atoms with Crippen LogP contribution in [0.4, 0.5) is 0 Å². The Morgan fingerprint density at radius 1 is 1.50 bits per heavy atom. The van der Waals surface area contributed by atoms with Gasteiger partial charge in [0.15, 0.2) is 0 Å². The first kappa shape index (κ1) is 7.70. The van der Waals surface area contributed by atoms with Crippen molar-refractivity contribution in [3.63, 3.8) is 0 Å². The Labute approximate surface area is 51.6 Å². The van der Waals surface area contributed by atoms with E-state index < -0.39 is 0 Å². The van der Waals surface area contributed by atoms with E-state index in [0.717, 1.165) is 19.4 Å². The molecule has 0 amide bonds. The Morgan fingerprint density at radius 3 is 2.25 bits per heavy atom. The minimum absolute atomic E-state index is 0.727. The van der Waals surface area contributed by atoms with Crippen molar-refractivity contribution in [1.29, 1.82) is 0 Å². The number of nitrogens with two attached hydrogens (primary N) is 1. The predicted molar refractivity (Wildman–Crippen MR) is 37.7 cm³/mol. The van der Waals surface area contributed by atoms with Gasteiger partial charge in [0.25, 0.3) is 0 Å². The van der Waals surface area contributed by atoms with Gasteiger partial charge in [0.05, 0.1) is 0 Å². The first-order valence-corrected chi connectivity index (χ1v) is 3.23. The van der Waals surface area contributed by atoms with Crippen LogP contribution in [0.3, 0.4) is 0 Å². The van der Waals surface area contributed by atoms with Crippen LogP contribution in [0.1, 0.15) is 26.7 Å². The summed E-state index contributed by atoms with van der Waals surface area (Å²) in [7, 11) is 0. The average molecular weight is 113 g/mol. The van der Waals surface area contributed by atoms with E-state index in [1.807, 2.05) is 0 Å². The zero-order valence-corrected chi connectivity index (χ0v) is 5.78. The van der Waals surface area contributed by atoms with Crippen molar-refractivity contribution in [3.05, 3.63) is 11.6 Å². The van der Waals surface area contributed by atoms with Gasteiger partial charge in [-0.15, -0.1) is 0 Å². The monoisotopic (exact) mass is 113 g/mol. The van der Waals surface area contributed by atoms with Crippen molar-refractivity contribution >= 4 is 0 Å². The molecule has 0 heterocycles. The van der Waals surface area contributed by atoms with E-state index in [1.165, 1.54) is 5.57 Å². The third kappa shape index (κ3) is 2.80. The smallest absolute Gasteiger partial charge is 0.0136 e. The van der Waals surface area contributed by atoms with Crippen LogP contribution in [0.2, 0.25) is 0 Å². The number of hydrogen-bond acceptors (Lipinski definition) is 1. The highest BCUT2D eigenvalue weighted by molar-refractivity contribution is 5.01. The van der Waals surface area contributed by atoms with E-state index in [9.17, 15) is 0 Å². The number of rotatable bonds is 3. The highest BCUT2D eigenvalue weighted by Crippen LogP contribution is 1.97. The fourth-order valence-electron chi connectivity index (χ4n) is 0.661. The lowest BCUT2D eigenvalue weighted by Gasteiger charge is -1.95. The van der Waals surface area contributed by atoms with Gasteiger partial charge < -0.3 is 5.73 Å². The van der Waals surface area contributed by atoms with Crippen molar-refractivity contribution in [2.45, 2.75) is 26.7 Å². The highest BCUT2D eigenvalue weighted by atomic mass is 14.5. The molecular formula is C7H15N. The maximum absolute atomic E-state index is 5.40. The lowest BCUT2D eigenvalue weighted by Crippen LogP contribution is -2.01. The second-order valence-electron chi connectivity index (χ2n) is 1.83. The van der Waals surface area contributed by atoms with Gasteiger partial charge in [-0.05, 0) is 12.8 Å². The van der Waals surface area contributed by atoms with Gasteiger partial charge in [-0.2, -0.15) is 0 Å². The Balaban J connectivity index is 3.49. The van der Waals surface area contributed by atoms with E-state index in [-0.39, 0.29) is 0 Å². The Bertz CT molecular complexity index is 68.5. The molecule has 2 N–H and O–H groups in total. The second kappa shape index (κ2) is 4.85. The summed E-state index contributed by atoms with van der Waals surface area (Å²) in [6, 6.07) is 0. The molecule has 0 fully saturated rings. The lowest BCUT2D eigenvalue weighted by molar-refractivity contribution is 0.983. The Hall–Kier alpha value is -0.300. The summed E-state index contributed by atoms with van der Waals surface area (Å²) < 4.78 is 0. The molecule has 0 bridgehead atoms.